The molecule has 1 aromatic carbocycles. The Balaban J connectivity index is 1.83. The Morgan fingerprint density at radius 3 is 3.05 bits per heavy atom. The van der Waals surface area contributed by atoms with Crippen LogP contribution >= 0.6 is 0 Å². The third kappa shape index (κ3) is 2.24. The van der Waals surface area contributed by atoms with E-state index < -0.39 is 0 Å². The molecule has 0 bridgehead atoms. The van der Waals surface area contributed by atoms with Crippen LogP contribution in [0.3, 0.4) is 0 Å². The summed E-state index contributed by atoms with van der Waals surface area (Å²) in [4.78, 5) is 17.4. The average molecular weight is 258 g/mol. The Kier molecular flexibility index (Phi) is 3.03. The standard InChI is InChI=1S/C15H18N2O2/c1-10-9-17(7-5-14(10)18)15(19)12-3-2-11-4-6-16-13(11)8-12/h2-4,6,8,10,14,16,18H,5,7,9H2,1H3. The molecule has 1 aliphatic heterocycles. The lowest BCUT2D eigenvalue weighted by atomic mass is 9.96. The molecule has 3 rings (SSSR count). The zero-order chi connectivity index (χ0) is 13.4. The first-order chi connectivity index (χ1) is 9.15. The Hall–Kier alpha value is -1.81. The number of H-pyrrole nitrogens is 1. The molecule has 0 aliphatic carbocycles. The van der Waals surface area contributed by atoms with Gasteiger partial charge in [-0.2, -0.15) is 0 Å². The maximum atomic E-state index is 12.4. The third-order valence-electron chi connectivity index (χ3n) is 3.95. The number of carbonyl (C=O) groups excluding carboxylic acids is 1. The molecule has 0 spiro atoms. The summed E-state index contributed by atoms with van der Waals surface area (Å²) in [6.45, 7) is 3.24. The van der Waals surface area contributed by atoms with Gasteiger partial charge in [0.2, 0.25) is 0 Å². The molecule has 2 unspecified atom stereocenters. The van der Waals surface area contributed by atoms with Crippen molar-refractivity contribution in [3.05, 3.63) is 36.0 Å². The van der Waals surface area contributed by atoms with E-state index in [1.54, 1.807) is 0 Å². The molecular formula is C15H18N2O2. The number of carbonyl (C=O) groups is 1. The summed E-state index contributed by atoms with van der Waals surface area (Å²) >= 11 is 0. The molecule has 2 N–H and O–H groups in total. The fraction of sp³-hybridized carbons (Fsp3) is 0.400. The van der Waals surface area contributed by atoms with Gasteiger partial charge in [0.1, 0.15) is 0 Å². The molecule has 0 radical (unpaired) electrons. The van der Waals surface area contributed by atoms with Crippen LogP contribution in [0.5, 0.6) is 0 Å². The number of nitrogens with one attached hydrogen (secondary N) is 1. The van der Waals surface area contributed by atoms with E-state index in [2.05, 4.69) is 4.98 Å². The van der Waals surface area contributed by atoms with Crippen molar-refractivity contribution in [2.45, 2.75) is 19.4 Å². The first-order valence-corrected chi connectivity index (χ1v) is 6.69. The maximum Gasteiger partial charge on any atom is 0.253 e. The molecule has 2 aromatic rings. The highest BCUT2D eigenvalue weighted by Gasteiger charge is 2.27. The summed E-state index contributed by atoms with van der Waals surface area (Å²) in [5, 5.41) is 10.8. The van der Waals surface area contributed by atoms with Crippen molar-refractivity contribution in [1.82, 2.24) is 9.88 Å². The van der Waals surface area contributed by atoms with Gasteiger partial charge in [0.05, 0.1) is 6.10 Å². The molecule has 1 saturated heterocycles. The fourth-order valence-electron chi connectivity index (χ4n) is 2.68. The van der Waals surface area contributed by atoms with E-state index in [-0.39, 0.29) is 17.9 Å². The van der Waals surface area contributed by atoms with Gasteiger partial charge >= 0.3 is 0 Å². The molecule has 2 atom stereocenters. The fourth-order valence-corrected chi connectivity index (χ4v) is 2.68. The van der Waals surface area contributed by atoms with Crippen LogP contribution in [0, 0.1) is 5.92 Å². The highest BCUT2D eigenvalue weighted by Crippen LogP contribution is 2.20. The lowest BCUT2D eigenvalue weighted by Crippen LogP contribution is -2.44. The molecule has 19 heavy (non-hydrogen) atoms. The number of hydrogen-bond acceptors (Lipinski definition) is 2. The minimum atomic E-state index is -0.282. The summed E-state index contributed by atoms with van der Waals surface area (Å²) in [5.41, 5.74) is 1.69. The zero-order valence-corrected chi connectivity index (χ0v) is 11.0. The number of aliphatic hydroxyl groups excluding tert-OH is 1. The van der Waals surface area contributed by atoms with Crippen LogP contribution in [0.4, 0.5) is 0 Å². The second kappa shape index (κ2) is 4.70. The smallest absolute Gasteiger partial charge is 0.253 e. The summed E-state index contributed by atoms with van der Waals surface area (Å²) < 4.78 is 0. The number of aliphatic hydroxyl groups is 1. The van der Waals surface area contributed by atoms with Crippen LogP contribution in [-0.4, -0.2) is 40.1 Å². The second-order valence-electron chi connectivity index (χ2n) is 5.36. The number of aromatic amines is 1. The van der Waals surface area contributed by atoms with Gasteiger partial charge in [-0.15, -0.1) is 0 Å². The van der Waals surface area contributed by atoms with Crippen LogP contribution in [-0.2, 0) is 0 Å². The number of piperidine rings is 1. The predicted octanol–water partition coefficient (Wildman–Crippen LogP) is 2.01. The number of likely N-dealkylation sites (tertiary alicyclic amines) is 1. The summed E-state index contributed by atoms with van der Waals surface area (Å²) in [5.74, 6) is 0.196. The lowest BCUT2D eigenvalue weighted by molar-refractivity contribution is 0.0297. The van der Waals surface area contributed by atoms with Crippen molar-refractivity contribution >= 4 is 16.8 Å². The van der Waals surface area contributed by atoms with Gasteiger partial charge < -0.3 is 15.0 Å². The van der Waals surface area contributed by atoms with Gasteiger partial charge in [0.25, 0.3) is 5.91 Å². The van der Waals surface area contributed by atoms with Crippen LogP contribution in [0.1, 0.15) is 23.7 Å². The average Bonchev–Trinajstić information content (AvgIpc) is 2.88. The molecule has 1 amide bonds. The number of fused-ring (bicyclic) bond motifs is 1. The van der Waals surface area contributed by atoms with Crippen molar-refractivity contribution in [2.75, 3.05) is 13.1 Å². The van der Waals surface area contributed by atoms with Crippen molar-refractivity contribution in [3.8, 4) is 0 Å². The first kappa shape index (κ1) is 12.2. The van der Waals surface area contributed by atoms with Crippen molar-refractivity contribution < 1.29 is 9.90 Å². The number of hydrogen-bond donors (Lipinski definition) is 2. The number of benzene rings is 1. The minimum Gasteiger partial charge on any atom is -0.393 e. The predicted molar refractivity (Wildman–Crippen MR) is 74.0 cm³/mol. The monoisotopic (exact) mass is 258 g/mol. The Morgan fingerprint density at radius 1 is 1.42 bits per heavy atom. The molecule has 4 heteroatoms. The topological polar surface area (TPSA) is 56.3 Å². The highest BCUT2D eigenvalue weighted by atomic mass is 16.3. The van der Waals surface area contributed by atoms with Crippen LogP contribution in [0.25, 0.3) is 10.9 Å². The maximum absolute atomic E-state index is 12.4. The molecule has 4 nitrogen and oxygen atoms in total. The minimum absolute atomic E-state index is 0.0512. The van der Waals surface area contributed by atoms with Crippen molar-refractivity contribution in [3.63, 3.8) is 0 Å². The van der Waals surface area contributed by atoms with Crippen LogP contribution in [0.15, 0.2) is 30.5 Å². The van der Waals surface area contributed by atoms with E-state index in [4.69, 9.17) is 0 Å². The Morgan fingerprint density at radius 2 is 2.26 bits per heavy atom. The zero-order valence-electron chi connectivity index (χ0n) is 11.0. The van der Waals surface area contributed by atoms with E-state index in [0.717, 1.165) is 10.9 Å². The molecule has 1 fully saturated rings. The molecule has 1 aromatic heterocycles. The quantitative estimate of drug-likeness (QED) is 0.822. The normalized spacial score (nSPS) is 23.8. The summed E-state index contributed by atoms with van der Waals surface area (Å²) in [6, 6.07) is 7.71. The SMILES string of the molecule is CC1CN(C(=O)c2ccc3cc[nH]c3c2)CCC1O. The van der Waals surface area contributed by atoms with Gasteiger partial charge in [-0.3, -0.25) is 4.79 Å². The van der Waals surface area contributed by atoms with Crippen molar-refractivity contribution in [2.24, 2.45) is 5.92 Å². The molecule has 2 heterocycles. The number of aromatic nitrogens is 1. The first-order valence-electron chi connectivity index (χ1n) is 6.69. The Bertz CT molecular complexity index is 605. The van der Waals surface area contributed by atoms with Gasteiger partial charge in [0.15, 0.2) is 0 Å². The van der Waals surface area contributed by atoms with Gasteiger partial charge in [-0.25, -0.2) is 0 Å². The Labute approximate surface area is 112 Å². The summed E-state index contributed by atoms with van der Waals surface area (Å²) in [7, 11) is 0. The van der Waals surface area contributed by atoms with Gasteiger partial charge in [0, 0.05) is 30.4 Å². The highest BCUT2D eigenvalue weighted by molar-refractivity contribution is 5.98. The van der Waals surface area contributed by atoms with Crippen molar-refractivity contribution in [1.29, 1.82) is 0 Å². The number of amides is 1. The molecule has 0 saturated carbocycles. The molecule has 100 valence electrons. The molecular weight excluding hydrogens is 240 g/mol. The third-order valence-corrected chi connectivity index (χ3v) is 3.95. The number of rotatable bonds is 1. The van der Waals surface area contributed by atoms with E-state index in [1.807, 2.05) is 42.3 Å². The largest absolute Gasteiger partial charge is 0.393 e. The van der Waals surface area contributed by atoms with E-state index in [0.29, 0.717) is 25.1 Å². The molecule has 1 aliphatic rings. The van der Waals surface area contributed by atoms with Gasteiger partial charge in [-0.1, -0.05) is 13.0 Å². The number of nitrogens with zero attached hydrogens (tertiary/aromatic N) is 1. The summed E-state index contributed by atoms with van der Waals surface area (Å²) in [6.07, 6.45) is 2.26. The van der Waals surface area contributed by atoms with E-state index in [9.17, 15) is 9.90 Å². The van der Waals surface area contributed by atoms with Gasteiger partial charge in [-0.05, 0) is 35.9 Å². The van der Waals surface area contributed by atoms with E-state index >= 15 is 0 Å². The second-order valence-corrected chi connectivity index (χ2v) is 5.36. The van der Waals surface area contributed by atoms with E-state index in [1.165, 1.54) is 0 Å². The lowest BCUT2D eigenvalue weighted by Gasteiger charge is -2.34. The van der Waals surface area contributed by atoms with Crippen LogP contribution < -0.4 is 0 Å². The van der Waals surface area contributed by atoms with Crippen LogP contribution in [0.2, 0.25) is 0 Å².